The molecule has 3 nitrogen and oxygen atoms in total. The fraction of sp³-hybridized carbons (Fsp3) is 0.700. The molecule has 1 aromatic rings. The quantitative estimate of drug-likeness (QED) is 0.771. The maximum absolute atomic E-state index is 4.30. The fourth-order valence-electron chi connectivity index (χ4n) is 2.16. The van der Waals surface area contributed by atoms with Crippen molar-refractivity contribution in [3.63, 3.8) is 0 Å². The highest BCUT2D eigenvalue weighted by molar-refractivity contribution is 5.32. The second-order valence-corrected chi connectivity index (χ2v) is 3.69. The van der Waals surface area contributed by atoms with Gasteiger partial charge in [0.05, 0.1) is 0 Å². The summed E-state index contributed by atoms with van der Waals surface area (Å²) >= 11 is 0. The minimum atomic E-state index is 0.719. The van der Waals surface area contributed by atoms with Gasteiger partial charge in [-0.3, -0.25) is 0 Å². The summed E-state index contributed by atoms with van der Waals surface area (Å²) in [4.78, 5) is 9.89. The molecule has 1 atom stereocenters. The van der Waals surface area contributed by atoms with Crippen LogP contribution in [0.2, 0.25) is 0 Å². The van der Waals surface area contributed by atoms with Gasteiger partial charge in [-0.05, 0) is 19.3 Å². The van der Waals surface area contributed by atoms with Crippen LogP contribution in [-0.2, 0) is 0 Å². The highest BCUT2D eigenvalue weighted by Gasteiger charge is 2.24. The lowest BCUT2D eigenvalue weighted by molar-refractivity contribution is 0.593. The number of hydrogen-bond acceptors (Lipinski definition) is 2. The van der Waals surface area contributed by atoms with E-state index in [1.807, 2.05) is 12.4 Å². The van der Waals surface area contributed by atoms with Crippen molar-refractivity contribution in [1.82, 2.24) is 9.97 Å². The Hall–Kier alpha value is -0.990. The van der Waals surface area contributed by atoms with Gasteiger partial charge in [-0.15, -0.1) is 0 Å². The molecule has 72 valence electrons. The minimum absolute atomic E-state index is 0.719. The maximum Gasteiger partial charge on any atom is 0.202 e. The van der Waals surface area contributed by atoms with Crippen molar-refractivity contribution in [2.24, 2.45) is 0 Å². The molecule has 1 aliphatic heterocycles. The topological polar surface area (TPSA) is 31.9 Å². The normalized spacial score (nSPS) is 22.5. The lowest BCUT2D eigenvalue weighted by atomic mass is 10.1. The van der Waals surface area contributed by atoms with Crippen LogP contribution in [0.3, 0.4) is 0 Å². The van der Waals surface area contributed by atoms with Gasteiger partial charge >= 0.3 is 0 Å². The van der Waals surface area contributed by atoms with E-state index < -0.39 is 0 Å². The summed E-state index contributed by atoms with van der Waals surface area (Å²) < 4.78 is 0. The van der Waals surface area contributed by atoms with Crippen LogP contribution in [0, 0.1) is 0 Å². The van der Waals surface area contributed by atoms with Crippen molar-refractivity contribution in [3.8, 4) is 0 Å². The van der Waals surface area contributed by atoms with Crippen molar-refractivity contribution < 1.29 is 0 Å². The highest BCUT2D eigenvalue weighted by Crippen LogP contribution is 2.24. The third-order valence-electron chi connectivity index (χ3n) is 2.75. The van der Waals surface area contributed by atoms with E-state index >= 15 is 0 Å². The number of anilines is 1. The number of hydrogen-bond donors (Lipinski definition) is 1. The van der Waals surface area contributed by atoms with Crippen LogP contribution in [0.5, 0.6) is 0 Å². The molecule has 0 aromatic carbocycles. The van der Waals surface area contributed by atoms with E-state index in [2.05, 4.69) is 21.8 Å². The van der Waals surface area contributed by atoms with E-state index in [-0.39, 0.29) is 0 Å². The van der Waals surface area contributed by atoms with Crippen LogP contribution in [0.4, 0.5) is 5.95 Å². The van der Waals surface area contributed by atoms with Crippen molar-refractivity contribution in [2.45, 2.75) is 38.6 Å². The molecule has 1 saturated heterocycles. The largest absolute Gasteiger partial charge is 0.339 e. The minimum Gasteiger partial charge on any atom is -0.339 e. The molecule has 1 N–H and O–H groups in total. The van der Waals surface area contributed by atoms with Crippen LogP contribution in [0.25, 0.3) is 0 Å². The zero-order chi connectivity index (χ0) is 9.10. The van der Waals surface area contributed by atoms with Gasteiger partial charge in [-0.2, -0.15) is 0 Å². The summed E-state index contributed by atoms with van der Waals surface area (Å²) in [6, 6.07) is 0.719. The third-order valence-corrected chi connectivity index (χ3v) is 2.75. The number of H-pyrrole nitrogens is 1. The van der Waals surface area contributed by atoms with E-state index in [0.717, 1.165) is 18.5 Å². The lowest BCUT2D eigenvalue weighted by Crippen LogP contribution is -2.29. The summed E-state index contributed by atoms with van der Waals surface area (Å²) in [7, 11) is 0. The molecule has 2 rings (SSSR count). The first kappa shape index (κ1) is 8.60. The van der Waals surface area contributed by atoms with Gasteiger partial charge in [-0.25, -0.2) is 4.98 Å². The van der Waals surface area contributed by atoms with Crippen LogP contribution in [0.1, 0.15) is 32.6 Å². The Balaban J connectivity index is 2.05. The summed E-state index contributed by atoms with van der Waals surface area (Å²) in [6.45, 7) is 3.41. The monoisotopic (exact) mass is 179 g/mol. The molecule has 0 spiro atoms. The van der Waals surface area contributed by atoms with Crippen LogP contribution >= 0.6 is 0 Å². The number of imidazole rings is 1. The molecule has 1 fully saturated rings. The average Bonchev–Trinajstić information content (AvgIpc) is 2.71. The predicted octanol–water partition coefficient (Wildman–Crippen LogP) is 2.18. The molecule has 2 heterocycles. The molecular weight excluding hydrogens is 162 g/mol. The fourth-order valence-corrected chi connectivity index (χ4v) is 2.16. The molecule has 0 saturated carbocycles. The van der Waals surface area contributed by atoms with Gasteiger partial charge in [0.25, 0.3) is 0 Å². The Morgan fingerprint density at radius 3 is 3.31 bits per heavy atom. The number of nitrogens with one attached hydrogen (secondary N) is 1. The van der Waals surface area contributed by atoms with Gasteiger partial charge in [0.1, 0.15) is 0 Å². The number of aromatic amines is 1. The number of aromatic nitrogens is 2. The molecular formula is C10H17N3. The van der Waals surface area contributed by atoms with E-state index in [1.165, 1.54) is 25.7 Å². The van der Waals surface area contributed by atoms with Gasteiger partial charge < -0.3 is 9.88 Å². The van der Waals surface area contributed by atoms with Gasteiger partial charge in [0.2, 0.25) is 5.95 Å². The number of rotatable bonds is 3. The predicted molar refractivity (Wildman–Crippen MR) is 53.9 cm³/mol. The second kappa shape index (κ2) is 3.81. The summed E-state index contributed by atoms with van der Waals surface area (Å²) in [6.07, 6.45) is 8.93. The number of nitrogens with zero attached hydrogens (tertiary/aromatic N) is 2. The Labute approximate surface area is 79.2 Å². The second-order valence-electron chi connectivity index (χ2n) is 3.69. The van der Waals surface area contributed by atoms with E-state index in [0.29, 0.717) is 0 Å². The Morgan fingerprint density at radius 2 is 2.62 bits per heavy atom. The Kier molecular flexibility index (Phi) is 2.52. The van der Waals surface area contributed by atoms with Crippen molar-refractivity contribution in [2.75, 3.05) is 11.4 Å². The summed E-state index contributed by atoms with van der Waals surface area (Å²) in [5.41, 5.74) is 0. The van der Waals surface area contributed by atoms with E-state index in [4.69, 9.17) is 0 Å². The van der Waals surface area contributed by atoms with E-state index in [9.17, 15) is 0 Å². The van der Waals surface area contributed by atoms with Crippen LogP contribution in [-0.4, -0.2) is 22.6 Å². The molecule has 1 aliphatic rings. The molecule has 3 heteroatoms. The standard InChI is InChI=1S/C10H17N3/c1-2-4-9-5-3-8-13(9)10-11-6-7-12-10/h6-7,9H,2-5,8H2,1H3,(H,11,12). The molecule has 0 aliphatic carbocycles. The Bertz CT molecular complexity index is 243. The molecule has 0 bridgehead atoms. The zero-order valence-corrected chi connectivity index (χ0v) is 8.16. The van der Waals surface area contributed by atoms with Crippen LogP contribution < -0.4 is 4.90 Å². The highest BCUT2D eigenvalue weighted by atomic mass is 15.3. The zero-order valence-electron chi connectivity index (χ0n) is 8.16. The molecule has 1 aromatic heterocycles. The van der Waals surface area contributed by atoms with Crippen LogP contribution in [0.15, 0.2) is 12.4 Å². The smallest absolute Gasteiger partial charge is 0.202 e. The first-order valence-corrected chi connectivity index (χ1v) is 5.18. The summed E-state index contributed by atoms with van der Waals surface area (Å²) in [5.74, 6) is 1.05. The van der Waals surface area contributed by atoms with Crippen molar-refractivity contribution in [3.05, 3.63) is 12.4 Å². The molecule has 0 amide bonds. The maximum atomic E-state index is 4.30. The van der Waals surface area contributed by atoms with Gasteiger partial charge in [0.15, 0.2) is 0 Å². The summed E-state index contributed by atoms with van der Waals surface area (Å²) in [5, 5.41) is 0. The molecule has 13 heavy (non-hydrogen) atoms. The first-order valence-electron chi connectivity index (χ1n) is 5.18. The van der Waals surface area contributed by atoms with E-state index in [1.54, 1.807) is 0 Å². The van der Waals surface area contributed by atoms with Gasteiger partial charge in [-0.1, -0.05) is 13.3 Å². The third kappa shape index (κ3) is 1.69. The van der Waals surface area contributed by atoms with Gasteiger partial charge in [0, 0.05) is 25.0 Å². The molecule has 0 radical (unpaired) electrons. The SMILES string of the molecule is CCCC1CCCN1c1ncc[nH]1. The molecule has 1 unspecified atom stereocenters. The van der Waals surface area contributed by atoms with Crippen molar-refractivity contribution >= 4 is 5.95 Å². The van der Waals surface area contributed by atoms with Crippen molar-refractivity contribution in [1.29, 1.82) is 0 Å². The Morgan fingerprint density at radius 1 is 1.69 bits per heavy atom. The first-order chi connectivity index (χ1) is 6.42. The lowest BCUT2D eigenvalue weighted by Gasteiger charge is -2.23. The average molecular weight is 179 g/mol.